The second-order valence-electron chi connectivity index (χ2n) is 5.83. The maximum absolute atomic E-state index is 12.3. The summed E-state index contributed by atoms with van der Waals surface area (Å²) in [4.78, 5) is 23.8. The van der Waals surface area contributed by atoms with Gasteiger partial charge in [0.2, 0.25) is 5.90 Å². The average Bonchev–Trinajstić information content (AvgIpc) is 3.18. The summed E-state index contributed by atoms with van der Waals surface area (Å²) in [6, 6.07) is 16.0. The molecule has 0 saturated carbocycles. The summed E-state index contributed by atoms with van der Waals surface area (Å²) >= 11 is 0. The number of carbonyl (C=O) groups is 1. The highest BCUT2D eigenvalue weighted by molar-refractivity contribution is 6.11. The SMILES string of the molecule is CCOC(=O)c1cc[nH]c1C(=NC(=N)c1cccc(C)n1)Oc1ccccc1. The number of ether oxygens (including phenoxy) is 2. The van der Waals surface area contributed by atoms with Crippen LogP contribution in [0.1, 0.15) is 34.4 Å². The number of hydrogen-bond acceptors (Lipinski definition) is 5. The van der Waals surface area contributed by atoms with Crippen molar-refractivity contribution in [3.8, 4) is 5.75 Å². The first-order valence-electron chi connectivity index (χ1n) is 8.77. The maximum atomic E-state index is 12.3. The van der Waals surface area contributed by atoms with Crippen LogP contribution in [0.15, 0.2) is 65.8 Å². The van der Waals surface area contributed by atoms with Crippen molar-refractivity contribution in [2.24, 2.45) is 4.99 Å². The molecular weight excluding hydrogens is 356 g/mol. The predicted octanol–water partition coefficient (Wildman–Crippen LogP) is 3.75. The Labute approximate surface area is 162 Å². The maximum Gasteiger partial charge on any atom is 0.340 e. The first-order valence-corrected chi connectivity index (χ1v) is 8.77. The molecule has 0 unspecified atom stereocenters. The zero-order valence-corrected chi connectivity index (χ0v) is 15.6. The van der Waals surface area contributed by atoms with Crippen LogP contribution in [0, 0.1) is 12.3 Å². The lowest BCUT2D eigenvalue weighted by Gasteiger charge is -2.10. The third-order valence-corrected chi connectivity index (χ3v) is 3.76. The molecule has 2 N–H and O–H groups in total. The number of benzene rings is 1. The fourth-order valence-electron chi connectivity index (χ4n) is 2.49. The Morgan fingerprint density at radius 1 is 1.14 bits per heavy atom. The second kappa shape index (κ2) is 8.77. The number of esters is 1. The molecule has 7 heteroatoms. The molecule has 0 bridgehead atoms. The van der Waals surface area contributed by atoms with E-state index in [1.54, 1.807) is 43.5 Å². The zero-order valence-electron chi connectivity index (χ0n) is 15.6. The van der Waals surface area contributed by atoms with Crippen LogP contribution in [0.2, 0.25) is 0 Å². The fraction of sp³-hybridized carbons (Fsp3) is 0.143. The number of aromatic nitrogens is 2. The molecule has 1 aromatic carbocycles. The Kier molecular flexibility index (Phi) is 5.96. The van der Waals surface area contributed by atoms with Crippen molar-refractivity contribution in [3.63, 3.8) is 0 Å². The van der Waals surface area contributed by atoms with Crippen molar-refractivity contribution < 1.29 is 14.3 Å². The average molecular weight is 376 g/mol. The molecule has 0 spiro atoms. The number of carbonyl (C=O) groups excluding carboxylic acids is 1. The Balaban J connectivity index is 2.02. The third kappa shape index (κ3) is 4.50. The number of pyridine rings is 1. The van der Waals surface area contributed by atoms with Crippen molar-refractivity contribution in [3.05, 3.63) is 83.4 Å². The number of aliphatic imine (C=N–C) groups is 1. The van der Waals surface area contributed by atoms with Gasteiger partial charge in [-0.2, -0.15) is 4.99 Å². The highest BCUT2D eigenvalue weighted by Gasteiger charge is 2.21. The molecule has 7 nitrogen and oxygen atoms in total. The number of H-pyrrole nitrogens is 1. The summed E-state index contributed by atoms with van der Waals surface area (Å²) < 4.78 is 11.0. The molecule has 0 atom stereocenters. The Bertz CT molecular complexity index is 1010. The molecule has 0 fully saturated rings. The number of aromatic amines is 1. The molecule has 28 heavy (non-hydrogen) atoms. The minimum Gasteiger partial charge on any atom is -0.462 e. The molecule has 0 aliphatic rings. The number of aryl methyl sites for hydroxylation is 1. The van der Waals surface area contributed by atoms with Crippen LogP contribution < -0.4 is 4.74 Å². The minimum absolute atomic E-state index is 0.0764. The van der Waals surface area contributed by atoms with Gasteiger partial charge in [0.1, 0.15) is 17.1 Å². The Hall–Kier alpha value is -3.74. The highest BCUT2D eigenvalue weighted by Crippen LogP contribution is 2.16. The van der Waals surface area contributed by atoms with Crippen molar-refractivity contribution in [2.45, 2.75) is 13.8 Å². The number of nitrogens with zero attached hydrogens (tertiary/aromatic N) is 2. The molecule has 2 heterocycles. The number of para-hydroxylation sites is 1. The topological polar surface area (TPSA) is 100 Å². The summed E-state index contributed by atoms with van der Waals surface area (Å²) in [6.45, 7) is 3.82. The minimum atomic E-state index is -0.497. The van der Waals surface area contributed by atoms with E-state index < -0.39 is 5.97 Å². The number of rotatable bonds is 5. The molecule has 3 aromatic rings. The molecule has 2 aromatic heterocycles. The van der Waals surface area contributed by atoms with Gasteiger partial charge in [-0.3, -0.25) is 5.41 Å². The van der Waals surface area contributed by atoms with Gasteiger partial charge in [0.05, 0.1) is 12.2 Å². The molecule has 3 rings (SSSR count). The van der Waals surface area contributed by atoms with Crippen LogP contribution in [0.5, 0.6) is 5.75 Å². The number of amidine groups is 1. The third-order valence-electron chi connectivity index (χ3n) is 3.76. The standard InChI is InChI=1S/C21H20N4O3/c1-3-27-21(26)16-12-13-23-18(16)20(28-15-9-5-4-6-10-15)25-19(22)17-11-7-8-14(2)24-17/h4-13,22-23H,3H2,1-2H3. The van der Waals surface area contributed by atoms with Gasteiger partial charge in [0.25, 0.3) is 0 Å². The van der Waals surface area contributed by atoms with Crippen molar-refractivity contribution >= 4 is 17.7 Å². The zero-order chi connectivity index (χ0) is 19.9. The van der Waals surface area contributed by atoms with Crippen molar-refractivity contribution in [1.82, 2.24) is 9.97 Å². The van der Waals surface area contributed by atoms with E-state index in [4.69, 9.17) is 14.9 Å². The summed E-state index contributed by atoms with van der Waals surface area (Å²) in [7, 11) is 0. The first-order chi connectivity index (χ1) is 13.6. The molecule has 0 amide bonds. The molecule has 0 aliphatic heterocycles. The quantitative estimate of drug-likeness (QED) is 0.402. The van der Waals surface area contributed by atoms with Gasteiger partial charge in [0.15, 0.2) is 5.84 Å². The van der Waals surface area contributed by atoms with Crippen LogP contribution in [-0.4, -0.2) is 34.3 Å². The van der Waals surface area contributed by atoms with Crippen molar-refractivity contribution in [1.29, 1.82) is 5.41 Å². The molecule has 0 aliphatic carbocycles. The lowest BCUT2D eigenvalue weighted by atomic mass is 10.2. The predicted molar refractivity (Wildman–Crippen MR) is 106 cm³/mol. The number of nitrogens with one attached hydrogen (secondary N) is 2. The first kappa shape index (κ1) is 19.0. The van der Waals surface area contributed by atoms with E-state index in [9.17, 15) is 4.79 Å². The molecule has 0 saturated heterocycles. The summed E-state index contributed by atoms with van der Waals surface area (Å²) in [5, 5.41) is 8.32. The van der Waals surface area contributed by atoms with Gasteiger partial charge in [-0.15, -0.1) is 0 Å². The summed E-state index contributed by atoms with van der Waals surface area (Å²) in [6.07, 6.45) is 1.60. The lowest BCUT2D eigenvalue weighted by molar-refractivity contribution is 0.0526. The smallest absolute Gasteiger partial charge is 0.340 e. The van der Waals surface area contributed by atoms with E-state index >= 15 is 0 Å². The van der Waals surface area contributed by atoms with Crippen LogP contribution in [0.25, 0.3) is 0 Å². The Morgan fingerprint density at radius 2 is 1.93 bits per heavy atom. The van der Waals surface area contributed by atoms with Crippen LogP contribution in [-0.2, 0) is 4.74 Å². The fourth-order valence-corrected chi connectivity index (χ4v) is 2.49. The summed E-state index contributed by atoms with van der Waals surface area (Å²) in [5.41, 5.74) is 1.79. The summed E-state index contributed by atoms with van der Waals surface area (Å²) in [5.74, 6) is 0.0191. The van der Waals surface area contributed by atoms with E-state index in [-0.39, 0.29) is 23.9 Å². The van der Waals surface area contributed by atoms with Gasteiger partial charge in [-0.25, -0.2) is 9.78 Å². The van der Waals surface area contributed by atoms with E-state index in [0.717, 1.165) is 5.69 Å². The van der Waals surface area contributed by atoms with Crippen molar-refractivity contribution in [2.75, 3.05) is 6.61 Å². The van der Waals surface area contributed by atoms with Gasteiger partial charge in [0, 0.05) is 11.9 Å². The number of hydrogen-bond donors (Lipinski definition) is 2. The monoisotopic (exact) mass is 376 g/mol. The molecular formula is C21H20N4O3. The highest BCUT2D eigenvalue weighted by atomic mass is 16.5. The van der Waals surface area contributed by atoms with E-state index in [2.05, 4.69) is 15.0 Å². The van der Waals surface area contributed by atoms with Gasteiger partial charge in [-0.05, 0) is 44.2 Å². The van der Waals surface area contributed by atoms with Crippen LogP contribution in [0.3, 0.4) is 0 Å². The normalized spacial score (nSPS) is 11.1. The van der Waals surface area contributed by atoms with E-state index in [1.165, 1.54) is 0 Å². The van der Waals surface area contributed by atoms with Crippen LogP contribution >= 0.6 is 0 Å². The lowest BCUT2D eigenvalue weighted by Crippen LogP contribution is -2.18. The molecule has 0 radical (unpaired) electrons. The van der Waals surface area contributed by atoms with Gasteiger partial charge in [-0.1, -0.05) is 24.3 Å². The van der Waals surface area contributed by atoms with Gasteiger partial charge < -0.3 is 14.5 Å². The van der Waals surface area contributed by atoms with Gasteiger partial charge >= 0.3 is 5.97 Å². The molecule has 142 valence electrons. The van der Waals surface area contributed by atoms with Crippen LogP contribution in [0.4, 0.5) is 0 Å². The Morgan fingerprint density at radius 3 is 2.64 bits per heavy atom. The van der Waals surface area contributed by atoms with E-state index in [0.29, 0.717) is 17.1 Å². The largest absolute Gasteiger partial charge is 0.462 e. The van der Waals surface area contributed by atoms with E-state index in [1.807, 2.05) is 31.2 Å². The second-order valence-corrected chi connectivity index (χ2v) is 5.83.